The Morgan fingerprint density at radius 3 is 3.00 bits per heavy atom. The van der Waals surface area contributed by atoms with E-state index in [4.69, 9.17) is 0 Å². The van der Waals surface area contributed by atoms with Gasteiger partial charge < -0.3 is 15.5 Å². The molecule has 2 N–H and O–H groups in total. The minimum absolute atomic E-state index is 0.181. The number of guanidine groups is 1. The average molecular weight is 385 g/mol. The van der Waals surface area contributed by atoms with E-state index >= 15 is 0 Å². The van der Waals surface area contributed by atoms with E-state index in [1.165, 1.54) is 12.1 Å². The van der Waals surface area contributed by atoms with Gasteiger partial charge in [0.05, 0.1) is 0 Å². The van der Waals surface area contributed by atoms with E-state index in [-0.39, 0.29) is 17.8 Å². The Kier molecular flexibility index (Phi) is 6.38. The van der Waals surface area contributed by atoms with Crippen LogP contribution in [0.1, 0.15) is 25.3 Å². The van der Waals surface area contributed by atoms with Crippen molar-refractivity contribution >= 4 is 27.8 Å². The fraction of sp³-hybridized carbons (Fsp3) is 0.500. The highest BCUT2D eigenvalue weighted by atomic mass is 79.9. The molecule has 1 aromatic carbocycles. The number of hydrogen-bond donors (Lipinski definition) is 2. The fourth-order valence-electron chi connectivity index (χ4n) is 2.57. The summed E-state index contributed by atoms with van der Waals surface area (Å²) >= 11 is 3.41. The van der Waals surface area contributed by atoms with E-state index in [1.807, 2.05) is 11.8 Å². The fourth-order valence-corrected chi connectivity index (χ4v) is 2.96. The third-order valence-electron chi connectivity index (χ3n) is 3.86. The van der Waals surface area contributed by atoms with Gasteiger partial charge in [-0.3, -0.25) is 9.79 Å². The number of hydrogen-bond acceptors (Lipinski definition) is 2. The van der Waals surface area contributed by atoms with E-state index in [0.29, 0.717) is 25.5 Å². The van der Waals surface area contributed by atoms with E-state index in [2.05, 4.69) is 31.6 Å². The van der Waals surface area contributed by atoms with Gasteiger partial charge >= 0.3 is 0 Å². The number of halogens is 2. The SMILES string of the molecule is CCC(=O)N1CCC(NC(=NC)NCc2cc(F)ccc2Br)C1. The summed E-state index contributed by atoms with van der Waals surface area (Å²) in [4.78, 5) is 17.8. The van der Waals surface area contributed by atoms with Gasteiger partial charge in [-0.1, -0.05) is 22.9 Å². The van der Waals surface area contributed by atoms with Crippen molar-refractivity contribution in [2.75, 3.05) is 20.1 Å². The zero-order valence-corrected chi connectivity index (χ0v) is 15.0. The number of likely N-dealkylation sites (tertiary alicyclic amines) is 1. The highest BCUT2D eigenvalue weighted by Crippen LogP contribution is 2.17. The van der Waals surface area contributed by atoms with Crippen LogP contribution < -0.4 is 10.6 Å². The number of carbonyl (C=O) groups excluding carboxylic acids is 1. The van der Waals surface area contributed by atoms with Gasteiger partial charge in [-0.15, -0.1) is 0 Å². The lowest BCUT2D eigenvalue weighted by atomic mass is 10.2. The molecule has 1 saturated heterocycles. The summed E-state index contributed by atoms with van der Waals surface area (Å²) in [6, 6.07) is 4.78. The average Bonchev–Trinajstić information content (AvgIpc) is 3.02. The molecule has 1 heterocycles. The Balaban J connectivity index is 1.87. The van der Waals surface area contributed by atoms with Crippen molar-refractivity contribution in [2.24, 2.45) is 4.99 Å². The molecule has 0 aromatic heterocycles. The summed E-state index contributed by atoms with van der Waals surface area (Å²) in [5.74, 6) is 0.565. The highest BCUT2D eigenvalue weighted by molar-refractivity contribution is 9.10. The topological polar surface area (TPSA) is 56.7 Å². The number of aliphatic imine (C=N–C) groups is 1. The van der Waals surface area contributed by atoms with E-state index in [9.17, 15) is 9.18 Å². The summed E-state index contributed by atoms with van der Waals surface area (Å²) in [7, 11) is 1.69. The summed E-state index contributed by atoms with van der Waals surface area (Å²) in [6.07, 6.45) is 1.43. The maximum atomic E-state index is 13.3. The molecule has 1 aromatic rings. The highest BCUT2D eigenvalue weighted by Gasteiger charge is 2.25. The molecule has 1 fully saturated rings. The number of nitrogens with zero attached hydrogens (tertiary/aromatic N) is 2. The van der Waals surface area contributed by atoms with Gasteiger partial charge in [0.2, 0.25) is 5.91 Å². The smallest absolute Gasteiger partial charge is 0.222 e. The van der Waals surface area contributed by atoms with Crippen molar-refractivity contribution in [3.05, 3.63) is 34.1 Å². The van der Waals surface area contributed by atoms with Gasteiger partial charge in [0, 0.05) is 43.6 Å². The van der Waals surface area contributed by atoms with Gasteiger partial charge in [-0.05, 0) is 30.2 Å². The van der Waals surface area contributed by atoms with Crippen LogP contribution in [0.3, 0.4) is 0 Å². The summed E-state index contributed by atoms with van der Waals surface area (Å²) in [5.41, 5.74) is 0.821. The van der Waals surface area contributed by atoms with Crippen LogP contribution in [-0.4, -0.2) is 42.9 Å². The molecule has 23 heavy (non-hydrogen) atoms. The van der Waals surface area contributed by atoms with Crippen LogP contribution in [0, 0.1) is 5.82 Å². The minimum atomic E-state index is -0.266. The number of rotatable bonds is 4. The van der Waals surface area contributed by atoms with Crippen molar-refractivity contribution in [1.82, 2.24) is 15.5 Å². The lowest BCUT2D eigenvalue weighted by Gasteiger charge is -2.19. The molecule has 1 amide bonds. The third-order valence-corrected chi connectivity index (χ3v) is 4.64. The Morgan fingerprint density at radius 2 is 2.30 bits per heavy atom. The molecular formula is C16H22BrFN4O. The van der Waals surface area contributed by atoms with Crippen LogP contribution in [0.4, 0.5) is 4.39 Å². The first-order chi connectivity index (χ1) is 11.0. The molecule has 1 unspecified atom stereocenters. The van der Waals surface area contributed by atoms with Gasteiger partial charge in [0.15, 0.2) is 5.96 Å². The maximum absolute atomic E-state index is 13.3. The van der Waals surface area contributed by atoms with Gasteiger partial charge in [0.1, 0.15) is 5.82 Å². The molecule has 0 aliphatic carbocycles. The van der Waals surface area contributed by atoms with Crippen molar-refractivity contribution in [2.45, 2.75) is 32.4 Å². The molecule has 1 aliphatic rings. The standard InChI is InChI=1S/C16H22BrFN4O/c1-3-15(23)22-7-6-13(10-22)21-16(19-2)20-9-11-8-12(18)4-5-14(11)17/h4-5,8,13H,3,6-7,9-10H2,1-2H3,(H2,19,20,21). The molecule has 0 spiro atoms. The van der Waals surface area contributed by atoms with Crippen molar-refractivity contribution in [3.8, 4) is 0 Å². The quantitative estimate of drug-likeness (QED) is 0.618. The molecule has 2 rings (SSSR count). The first kappa shape index (κ1) is 17.7. The maximum Gasteiger partial charge on any atom is 0.222 e. The van der Waals surface area contributed by atoms with Crippen LogP contribution in [0.5, 0.6) is 0 Å². The van der Waals surface area contributed by atoms with E-state index in [0.717, 1.165) is 23.0 Å². The van der Waals surface area contributed by atoms with E-state index < -0.39 is 0 Å². The Bertz CT molecular complexity index is 593. The zero-order chi connectivity index (χ0) is 16.8. The molecule has 0 radical (unpaired) electrons. The number of carbonyl (C=O) groups is 1. The van der Waals surface area contributed by atoms with Crippen molar-refractivity contribution in [1.29, 1.82) is 0 Å². The second kappa shape index (κ2) is 8.29. The van der Waals surface area contributed by atoms with Crippen molar-refractivity contribution in [3.63, 3.8) is 0 Å². The first-order valence-electron chi connectivity index (χ1n) is 7.72. The largest absolute Gasteiger partial charge is 0.352 e. The minimum Gasteiger partial charge on any atom is -0.352 e. The Labute approximate surface area is 144 Å². The zero-order valence-electron chi connectivity index (χ0n) is 13.4. The molecule has 0 saturated carbocycles. The first-order valence-corrected chi connectivity index (χ1v) is 8.51. The third kappa shape index (κ3) is 4.92. The van der Waals surface area contributed by atoms with Crippen molar-refractivity contribution < 1.29 is 9.18 Å². The molecule has 1 atom stereocenters. The molecular weight excluding hydrogens is 363 g/mol. The Morgan fingerprint density at radius 1 is 1.52 bits per heavy atom. The second-order valence-electron chi connectivity index (χ2n) is 5.48. The van der Waals surface area contributed by atoms with Crippen LogP contribution in [0.25, 0.3) is 0 Å². The molecule has 0 bridgehead atoms. The summed E-state index contributed by atoms with van der Waals surface area (Å²) < 4.78 is 14.2. The van der Waals surface area contributed by atoms with Gasteiger partial charge in [-0.25, -0.2) is 4.39 Å². The molecule has 5 nitrogen and oxygen atoms in total. The number of nitrogens with one attached hydrogen (secondary N) is 2. The molecule has 126 valence electrons. The van der Waals surface area contributed by atoms with Crippen LogP contribution in [-0.2, 0) is 11.3 Å². The summed E-state index contributed by atoms with van der Waals surface area (Å²) in [5, 5.41) is 6.49. The van der Waals surface area contributed by atoms with Gasteiger partial charge in [0.25, 0.3) is 0 Å². The van der Waals surface area contributed by atoms with Gasteiger partial charge in [-0.2, -0.15) is 0 Å². The monoisotopic (exact) mass is 384 g/mol. The van der Waals surface area contributed by atoms with Crippen LogP contribution >= 0.6 is 15.9 Å². The summed E-state index contributed by atoms with van der Waals surface area (Å²) in [6.45, 7) is 3.80. The normalized spacial score (nSPS) is 18.2. The second-order valence-corrected chi connectivity index (χ2v) is 6.34. The number of amides is 1. The number of benzene rings is 1. The Hall–Kier alpha value is -1.63. The lowest BCUT2D eigenvalue weighted by Crippen LogP contribution is -2.44. The predicted octanol–water partition coefficient (Wildman–Crippen LogP) is 2.26. The van der Waals surface area contributed by atoms with E-state index in [1.54, 1.807) is 13.1 Å². The molecule has 7 heteroatoms. The lowest BCUT2D eigenvalue weighted by molar-refractivity contribution is -0.129. The predicted molar refractivity (Wildman–Crippen MR) is 92.7 cm³/mol. The van der Waals surface area contributed by atoms with Crippen LogP contribution in [0.15, 0.2) is 27.7 Å². The van der Waals surface area contributed by atoms with Crippen LogP contribution in [0.2, 0.25) is 0 Å². The molecule has 1 aliphatic heterocycles.